The van der Waals surface area contributed by atoms with Gasteiger partial charge in [0.25, 0.3) is 0 Å². The number of H-pyrrole nitrogens is 1. The number of ether oxygens (including phenoxy) is 6. The number of aromatic nitrogens is 1. The highest BCUT2D eigenvalue weighted by Gasteiger charge is 2.57. The maximum atomic E-state index is 13.8. The molecule has 0 radical (unpaired) electrons. The van der Waals surface area contributed by atoms with Crippen LogP contribution < -0.4 is 0 Å². The molecule has 12 heteroatoms. The van der Waals surface area contributed by atoms with E-state index in [0.29, 0.717) is 49.1 Å². The van der Waals surface area contributed by atoms with E-state index >= 15 is 0 Å². The van der Waals surface area contributed by atoms with Crippen molar-refractivity contribution < 1.29 is 47.9 Å². The fraction of sp³-hybridized carbons (Fsp3) is 0.659. The normalized spacial score (nSPS) is 32.4. The van der Waals surface area contributed by atoms with Crippen molar-refractivity contribution in [2.75, 3.05) is 33.5 Å². The van der Waals surface area contributed by atoms with E-state index in [0.717, 1.165) is 30.5 Å². The summed E-state index contributed by atoms with van der Waals surface area (Å²) >= 11 is 0. The van der Waals surface area contributed by atoms with Crippen molar-refractivity contribution in [1.29, 1.82) is 0 Å². The van der Waals surface area contributed by atoms with Crippen LogP contribution in [0.25, 0.3) is 0 Å². The number of methoxy groups -OCH3 is 1. The lowest BCUT2D eigenvalue weighted by Crippen LogP contribution is -2.43. The van der Waals surface area contributed by atoms with Gasteiger partial charge in [0, 0.05) is 25.8 Å². The predicted octanol–water partition coefficient (Wildman–Crippen LogP) is 5.58. The highest BCUT2D eigenvalue weighted by Crippen LogP contribution is 2.40. The third-order valence-corrected chi connectivity index (χ3v) is 10.6. The summed E-state index contributed by atoms with van der Waals surface area (Å²) in [5.74, 6) is -1.78. The molecule has 12 nitrogen and oxygen atoms in total. The lowest BCUT2D eigenvalue weighted by molar-refractivity contribution is -0.164. The largest absolute Gasteiger partial charge is 0.467 e. The van der Waals surface area contributed by atoms with Crippen LogP contribution in [0.5, 0.6) is 0 Å². The average molecular weight is 739 g/mol. The van der Waals surface area contributed by atoms with Gasteiger partial charge in [-0.3, -0.25) is 14.4 Å². The smallest absolute Gasteiger partial charge is 0.318 e. The summed E-state index contributed by atoms with van der Waals surface area (Å²) in [6.45, 7) is 14.3. The number of hydrogen-bond donors (Lipinski definition) is 2. The van der Waals surface area contributed by atoms with E-state index in [-0.39, 0.29) is 25.0 Å². The molecule has 1 aromatic heterocycles. The maximum Gasteiger partial charge on any atom is 0.318 e. The highest BCUT2D eigenvalue weighted by atomic mass is 16.6. The van der Waals surface area contributed by atoms with Crippen molar-refractivity contribution in [3.63, 3.8) is 0 Å². The Morgan fingerprint density at radius 3 is 2.57 bits per heavy atom. The Balaban J connectivity index is 1.52. The summed E-state index contributed by atoms with van der Waals surface area (Å²) in [4.78, 5) is 48.7. The van der Waals surface area contributed by atoms with Gasteiger partial charge in [0.1, 0.15) is 23.8 Å². The van der Waals surface area contributed by atoms with Crippen LogP contribution in [0.15, 0.2) is 51.6 Å². The minimum Gasteiger partial charge on any atom is -0.467 e. The highest BCUT2D eigenvalue weighted by molar-refractivity contribution is 5.94. The van der Waals surface area contributed by atoms with Crippen LogP contribution in [0.4, 0.5) is 0 Å². The first kappa shape index (κ1) is 40.4. The lowest BCUT2D eigenvalue weighted by Gasteiger charge is -2.28. The number of cyclic esters (lactones) is 1. The van der Waals surface area contributed by atoms with Crippen LogP contribution in [0, 0.1) is 23.2 Å². The molecule has 53 heavy (non-hydrogen) atoms. The van der Waals surface area contributed by atoms with Crippen LogP contribution in [-0.2, 0) is 49.2 Å². The molecule has 4 aliphatic heterocycles. The monoisotopic (exact) mass is 738 g/mol. The second kappa shape index (κ2) is 17.6. The van der Waals surface area contributed by atoms with E-state index < -0.39 is 60.2 Å². The summed E-state index contributed by atoms with van der Waals surface area (Å²) in [5, 5.41) is 10.3. The first-order chi connectivity index (χ1) is 25.2. The van der Waals surface area contributed by atoms with Crippen molar-refractivity contribution in [3.8, 4) is 0 Å². The number of esters is 3. The molecule has 292 valence electrons. The van der Waals surface area contributed by atoms with Gasteiger partial charge in [-0.1, -0.05) is 39.3 Å². The summed E-state index contributed by atoms with van der Waals surface area (Å²) in [7, 11) is 1.71. The van der Waals surface area contributed by atoms with Gasteiger partial charge in [0.05, 0.1) is 31.7 Å². The van der Waals surface area contributed by atoms with Crippen LogP contribution in [0.2, 0.25) is 0 Å². The first-order valence-corrected chi connectivity index (χ1v) is 19.0. The molecule has 6 unspecified atom stereocenters. The minimum absolute atomic E-state index is 0.0741. The predicted molar refractivity (Wildman–Crippen MR) is 198 cm³/mol. The second-order valence-corrected chi connectivity index (χ2v) is 16.0. The molecule has 0 saturated carbocycles. The van der Waals surface area contributed by atoms with Crippen LogP contribution in [0.3, 0.4) is 0 Å². The Kier molecular flexibility index (Phi) is 13.4. The maximum absolute atomic E-state index is 13.8. The Labute approximate surface area is 313 Å². The van der Waals surface area contributed by atoms with E-state index in [1.165, 1.54) is 18.1 Å². The molecule has 4 bridgehead atoms. The number of hydrogen-bond acceptors (Lipinski definition) is 11. The summed E-state index contributed by atoms with van der Waals surface area (Å²) in [6.07, 6.45) is 4.56. The Morgan fingerprint density at radius 1 is 1.11 bits per heavy atom. The van der Waals surface area contributed by atoms with E-state index in [1.54, 1.807) is 14.0 Å². The Morgan fingerprint density at radius 2 is 1.87 bits per heavy atom. The van der Waals surface area contributed by atoms with Crippen LogP contribution in [-0.4, -0.2) is 97.9 Å². The van der Waals surface area contributed by atoms with Crippen molar-refractivity contribution in [1.82, 2.24) is 4.98 Å². The van der Waals surface area contributed by atoms with Gasteiger partial charge < -0.3 is 38.5 Å². The molecule has 2 saturated heterocycles. The molecule has 0 aromatic carbocycles. The zero-order valence-electron chi connectivity index (χ0n) is 32.6. The molecule has 7 atom stereocenters. The number of allylic oxidation sites excluding steroid dienone is 2. The topological polar surface area (TPSA) is 155 Å². The second-order valence-electron chi connectivity index (χ2n) is 16.0. The van der Waals surface area contributed by atoms with Crippen LogP contribution in [0.1, 0.15) is 92.0 Å². The summed E-state index contributed by atoms with van der Waals surface area (Å²) < 4.78 is 35.7. The minimum atomic E-state index is -1.46. The number of aliphatic hydroxyl groups is 1. The molecule has 2 N–H and O–H groups in total. The third kappa shape index (κ3) is 9.50. The number of aromatic amines is 1. The molecule has 1 aromatic rings. The molecular weight excluding hydrogens is 680 g/mol. The molecule has 0 aliphatic carbocycles. The number of nitrogens with zero attached hydrogens (tertiary/aromatic N) is 1. The molecule has 5 heterocycles. The number of rotatable bonds is 10. The quantitative estimate of drug-likeness (QED) is 0.135. The molecule has 5 rings (SSSR count). The van der Waals surface area contributed by atoms with Crippen LogP contribution >= 0.6 is 0 Å². The lowest BCUT2D eigenvalue weighted by atomic mass is 9.83. The van der Waals surface area contributed by atoms with E-state index in [1.807, 2.05) is 32.1 Å². The van der Waals surface area contributed by atoms with Gasteiger partial charge in [-0.25, -0.2) is 4.99 Å². The SMILES string of the molecule is COCCC/C(C)=C1\COC(CC(C)C)C1=CC1N=C2OC1COC(=O)[C@@H](CC(C)C)CC(=O)OC1C(OC(=O)C1(C)CO)/C(C)=C/Cc1ccc2[nH]1. The number of carbonyl (C=O) groups is 3. The van der Waals surface area contributed by atoms with Crippen molar-refractivity contribution in [2.24, 2.45) is 28.2 Å². The summed E-state index contributed by atoms with van der Waals surface area (Å²) in [6, 6.07) is 3.36. The number of aliphatic imine (C=N–C) groups is 1. The molecule has 2 fully saturated rings. The number of aliphatic hydroxyl groups excluding tert-OH is 1. The fourth-order valence-corrected chi connectivity index (χ4v) is 7.46. The van der Waals surface area contributed by atoms with E-state index in [2.05, 4.69) is 31.8 Å². The number of fused-ring (bicyclic) bond motifs is 6. The molecule has 0 spiro atoms. The zero-order valence-corrected chi connectivity index (χ0v) is 32.6. The van der Waals surface area contributed by atoms with Gasteiger partial charge in [-0.15, -0.1) is 0 Å². The van der Waals surface area contributed by atoms with E-state index in [4.69, 9.17) is 33.4 Å². The van der Waals surface area contributed by atoms with Gasteiger partial charge in [-0.2, -0.15) is 0 Å². The zero-order chi connectivity index (χ0) is 38.4. The number of carbonyl (C=O) groups excluding carboxylic acids is 3. The van der Waals surface area contributed by atoms with Gasteiger partial charge >= 0.3 is 17.9 Å². The van der Waals surface area contributed by atoms with Gasteiger partial charge in [-0.05, 0) is 93.2 Å². The van der Waals surface area contributed by atoms with E-state index in [9.17, 15) is 19.5 Å². The first-order valence-electron chi connectivity index (χ1n) is 19.0. The van der Waals surface area contributed by atoms with Crippen molar-refractivity contribution >= 4 is 23.8 Å². The Bertz CT molecular complexity index is 1620. The summed E-state index contributed by atoms with van der Waals surface area (Å²) in [5.41, 5.74) is 4.26. The average Bonchev–Trinajstić information content (AvgIpc) is 3.89. The molecule has 4 aliphatic rings. The molecule has 0 amide bonds. The fourth-order valence-electron chi connectivity index (χ4n) is 7.46. The Hall–Kier alpha value is -3.74. The number of nitrogens with one attached hydrogen (secondary N) is 1. The van der Waals surface area contributed by atoms with Gasteiger partial charge in [0.15, 0.2) is 18.3 Å². The van der Waals surface area contributed by atoms with Crippen molar-refractivity contribution in [3.05, 3.63) is 58.0 Å². The van der Waals surface area contributed by atoms with Crippen molar-refractivity contribution in [2.45, 2.75) is 117 Å². The van der Waals surface area contributed by atoms with Gasteiger partial charge in [0.2, 0.25) is 5.90 Å². The third-order valence-electron chi connectivity index (χ3n) is 10.6. The standard InChI is InChI=1S/C41H58N2O10/c1-23(2)16-27-18-35(45)52-37-36(53-40(47)41(37,7)22-44)26(6)11-12-28-13-14-31(42-28)38-43-32(34(51-38)21-50-39(27)46)19-29-30(25(5)10-9-15-48-8)20-49-33(29)17-24(3)4/h11,13-14,19,23-24,27,32-34,36-37,42,44H,9-10,12,15-18,20-22H2,1-8H3/b26-11+,29-19?,30-25+/t27-,32?,33?,34?,36?,37?,41?/m0/s1. The molecular formula is C41H58N2O10.